The highest BCUT2D eigenvalue weighted by Gasteiger charge is 2.24. The Morgan fingerprint density at radius 3 is 2.73 bits per heavy atom. The van der Waals surface area contributed by atoms with Crippen molar-refractivity contribution in [1.29, 1.82) is 0 Å². The minimum atomic E-state index is -0.640. The highest BCUT2D eigenvalue weighted by molar-refractivity contribution is 8.01. The number of anilines is 2. The average Bonchev–Trinajstić information content (AvgIpc) is 3.14. The molecule has 160 valence electrons. The van der Waals surface area contributed by atoms with Crippen LogP contribution in [0.4, 0.5) is 11.5 Å². The standard InChI is InChI=1S/C20H25N5O3S2/c1-3-5-11-24(16-17(21)25(10-4-2)19(28)23-18(16)27)15(26)12-29-20-22-13-8-6-7-9-14(13)30-20/h6-9H,3-5,10-12,21H2,1-2H3,(H,23,27,28). The minimum absolute atomic E-state index is 0.0278. The fraction of sp³-hybridized carbons (Fsp3) is 0.400. The summed E-state index contributed by atoms with van der Waals surface area (Å²) in [4.78, 5) is 46.0. The van der Waals surface area contributed by atoms with Crippen LogP contribution in [-0.2, 0) is 11.3 Å². The number of rotatable bonds is 9. The van der Waals surface area contributed by atoms with E-state index in [0.717, 1.165) is 21.0 Å². The number of carbonyl (C=O) groups is 1. The van der Waals surface area contributed by atoms with Gasteiger partial charge in [-0.1, -0.05) is 44.2 Å². The number of thiazole rings is 1. The maximum atomic E-state index is 13.1. The number of aromatic amines is 1. The van der Waals surface area contributed by atoms with E-state index in [1.807, 2.05) is 38.1 Å². The normalized spacial score (nSPS) is 11.1. The molecular formula is C20H25N5O3S2. The zero-order chi connectivity index (χ0) is 21.7. The van der Waals surface area contributed by atoms with Crippen molar-refractivity contribution in [2.75, 3.05) is 22.9 Å². The number of amides is 1. The van der Waals surface area contributed by atoms with Gasteiger partial charge in [0.2, 0.25) is 5.91 Å². The number of nitrogens with two attached hydrogens (primary N) is 1. The molecule has 3 rings (SSSR count). The molecule has 0 aliphatic rings. The Hall–Kier alpha value is -2.59. The topological polar surface area (TPSA) is 114 Å². The molecule has 10 heteroatoms. The van der Waals surface area contributed by atoms with Gasteiger partial charge in [0.25, 0.3) is 5.56 Å². The number of hydrogen-bond donors (Lipinski definition) is 2. The predicted molar refractivity (Wildman–Crippen MR) is 124 cm³/mol. The Morgan fingerprint density at radius 1 is 1.27 bits per heavy atom. The molecule has 0 fully saturated rings. The molecule has 0 spiro atoms. The molecule has 0 aliphatic carbocycles. The van der Waals surface area contributed by atoms with E-state index >= 15 is 0 Å². The van der Waals surface area contributed by atoms with E-state index in [2.05, 4.69) is 9.97 Å². The number of fused-ring (bicyclic) bond motifs is 1. The fourth-order valence-corrected chi connectivity index (χ4v) is 5.02. The molecule has 0 aliphatic heterocycles. The van der Waals surface area contributed by atoms with Crippen molar-refractivity contribution in [2.24, 2.45) is 0 Å². The van der Waals surface area contributed by atoms with Gasteiger partial charge in [0.15, 0.2) is 10.0 Å². The maximum absolute atomic E-state index is 13.1. The third kappa shape index (κ3) is 4.76. The third-order valence-electron chi connectivity index (χ3n) is 4.56. The SMILES string of the molecule is CCCCN(C(=O)CSc1nc2ccccc2s1)c1c(N)n(CCC)c(=O)[nH]c1=O. The number of thioether (sulfide) groups is 1. The van der Waals surface area contributed by atoms with Gasteiger partial charge in [-0.15, -0.1) is 11.3 Å². The lowest BCUT2D eigenvalue weighted by molar-refractivity contribution is -0.116. The van der Waals surface area contributed by atoms with Gasteiger partial charge >= 0.3 is 5.69 Å². The number of nitrogens with one attached hydrogen (secondary N) is 1. The summed E-state index contributed by atoms with van der Waals surface area (Å²) in [5.74, 6) is -0.0957. The Balaban J connectivity index is 1.88. The summed E-state index contributed by atoms with van der Waals surface area (Å²) in [6, 6.07) is 7.80. The van der Waals surface area contributed by atoms with E-state index in [0.29, 0.717) is 25.9 Å². The van der Waals surface area contributed by atoms with Gasteiger partial charge < -0.3 is 10.6 Å². The van der Waals surface area contributed by atoms with Crippen LogP contribution in [0.1, 0.15) is 33.1 Å². The van der Waals surface area contributed by atoms with Crippen LogP contribution in [0.3, 0.4) is 0 Å². The van der Waals surface area contributed by atoms with Crippen LogP contribution in [0.5, 0.6) is 0 Å². The summed E-state index contributed by atoms with van der Waals surface area (Å²) in [6.07, 6.45) is 2.23. The summed E-state index contributed by atoms with van der Waals surface area (Å²) in [5.41, 5.74) is 5.92. The number of aromatic nitrogens is 3. The van der Waals surface area contributed by atoms with Gasteiger partial charge in [-0.05, 0) is 25.0 Å². The zero-order valence-electron chi connectivity index (χ0n) is 17.0. The van der Waals surface area contributed by atoms with E-state index in [1.165, 1.54) is 32.6 Å². The number of carbonyl (C=O) groups excluding carboxylic acids is 1. The predicted octanol–water partition coefficient (Wildman–Crippen LogP) is 3.06. The molecule has 0 saturated carbocycles. The Labute approximate surface area is 182 Å². The summed E-state index contributed by atoms with van der Waals surface area (Å²) >= 11 is 2.86. The highest BCUT2D eigenvalue weighted by Crippen LogP contribution is 2.30. The second-order valence-corrected chi connectivity index (χ2v) is 9.03. The number of para-hydroxylation sites is 1. The lowest BCUT2D eigenvalue weighted by Crippen LogP contribution is -2.42. The fourth-order valence-electron chi connectivity index (χ4n) is 3.08. The summed E-state index contributed by atoms with van der Waals surface area (Å²) in [7, 11) is 0. The number of nitrogens with zero attached hydrogens (tertiary/aromatic N) is 3. The minimum Gasteiger partial charge on any atom is -0.383 e. The molecule has 2 heterocycles. The van der Waals surface area contributed by atoms with Crippen molar-refractivity contribution in [3.05, 3.63) is 45.1 Å². The molecule has 1 amide bonds. The van der Waals surface area contributed by atoms with Gasteiger partial charge in [0.1, 0.15) is 5.82 Å². The van der Waals surface area contributed by atoms with Crippen LogP contribution < -0.4 is 21.9 Å². The Bertz CT molecular complexity index is 1120. The van der Waals surface area contributed by atoms with E-state index in [4.69, 9.17) is 5.73 Å². The van der Waals surface area contributed by atoms with E-state index in [-0.39, 0.29) is 23.2 Å². The first-order chi connectivity index (χ1) is 14.5. The number of H-pyrrole nitrogens is 1. The van der Waals surface area contributed by atoms with Crippen LogP contribution in [0.2, 0.25) is 0 Å². The average molecular weight is 448 g/mol. The second-order valence-electron chi connectivity index (χ2n) is 6.78. The summed E-state index contributed by atoms with van der Waals surface area (Å²) in [5, 5.41) is 0. The molecule has 2 aromatic heterocycles. The molecule has 0 radical (unpaired) electrons. The molecule has 0 unspecified atom stereocenters. The first-order valence-corrected chi connectivity index (χ1v) is 11.7. The molecule has 3 N–H and O–H groups in total. The van der Waals surface area contributed by atoms with Gasteiger partial charge in [-0.3, -0.25) is 19.1 Å². The Kier molecular flexibility index (Phi) is 7.33. The van der Waals surface area contributed by atoms with Crippen molar-refractivity contribution in [3.63, 3.8) is 0 Å². The largest absolute Gasteiger partial charge is 0.383 e. The van der Waals surface area contributed by atoms with Crippen molar-refractivity contribution >= 4 is 50.7 Å². The van der Waals surface area contributed by atoms with E-state index < -0.39 is 11.2 Å². The molecule has 3 aromatic rings. The van der Waals surface area contributed by atoms with Crippen LogP contribution in [0.15, 0.2) is 38.2 Å². The van der Waals surface area contributed by atoms with Crippen molar-refractivity contribution < 1.29 is 4.79 Å². The van der Waals surface area contributed by atoms with Crippen molar-refractivity contribution in [1.82, 2.24) is 14.5 Å². The van der Waals surface area contributed by atoms with Crippen molar-refractivity contribution in [2.45, 2.75) is 44.0 Å². The molecule has 30 heavy (non-hydrogen) atoms. The number of nitrogen functional groups attached to an aromatic ring is 1. The number of unbranched alkanes of at least 4 members (excludes halogenated alkanes) is 1. The zero-order valence-corrected chi connectivity index (χ0v) is 18.6. The van der Waals surface area contributed by atoms with Crippen molar-refractivity contribution in [3.8, 4) is 0 Å². The van der Waals surface area contributed by atoms with Crippen LogP contribution in [-0.4, -0.2) is 32.7 Å². The number of hydrogen-bond acceptors (Lipinski definition) is 7. The summed E-state index contributed by atoms with van der Waals surface area (Å²) < 4.78 is 3.16. The monoisotopic (exact) mass is 447 g/mol. The number of benzene rings is 1. The molecular weight excluding hydrogens is 422 g/mol. The van der Waals surface area contributed by atoms with Crippen LogP contribution in [0, 0.1) is 0 Å². The molecule has 1 aromatic carbocycles. The molecule has 0 atom stereocenters. The highest BCUT2D eigenvalue weighted by atomic mass is 32.2. The van der Waals surface area contributed by atoms with Crippen LogP contribution in [0.25, 0.3) is 10.2 Å². The molecule has 8 nitrogen and oxygen atoms in total. The van der Waals surface area contributed by atoms with Gasteiger partial charge in [0, 0.05) is 13.1 Å². The van der Waals surface area contributed by atoms with Gasteiger partial charge in [0.05, 0.1) is 16.0 Å². The summed E-state index contributed by atoms with van der Waals surface area (Å²) in [6.45, 7) is 4.63. The molecule has 0 saturated heterocycles. The van der Waals surface area contributed by atoms with E-state index in [9.17, 15) is 14.4 Å². The van der Waals surface area contributed by atoms with Crippen LogP contribution >= 0.6 is 23.1 Å². The second kappa shape index (κ2) is 9.94. The van der Waals surface area contributed by atoms with Gasteiger partial charge in [-0.25, -0.2) is 9.78 Å². The maximum Gasteiger partial charge on any atom is 0.330 e. The third-order valence-corrected chi connectivity index (χ3v) is 6.73. The lowest BCUT2D eigenvalue weighted by Gasteiger charge is -2.24. The molecule has 0 bridgehead atoms. The lowest BCUT2D eigenvalue weighted by atomic mass is 10.2. The van der Waals surface area contributed by atoms with Gasteiger partial charge in [-0.2, -0.15) is 0 Å². The van der Waals surface area contributed by atoms with E-state index in [1.54, 1.807) is 0 Å². The quantitative estimate of drug-likeness (QED) is 0.487. The smallest absolute Gasteiger partial charge is 0.330 e. The Morgan fingerprint density at radius 2 is 2.03 bits per heavy atom. The first-order valence-electron chi connectivity index (χ1n) is 9.87. The first kappa shape index (κ1) is 22.1.